The van der Waals surface area contributed by atoms with Crippen molar-refractivity contribution in [1.82, 2.24) is 15.0 Å². The van der Waals surface area contributed by atoms with E-state index >= 15 is 0 Å². The van der Waals surface area contributed by atoms with Gasteiger partial charge in [-0.25, -0.2) is 0 Å². The normalized spacial score (nSPS) is 12.9. The van der Waals surface area contributed by atoms with Crippen molar-refractivity contribution in [2.45, 2.75) is 24.6 Å². The monoisotopic (exact) mass is 271 g/mol. The van der Waals surface area contributed by atoms with Crippen molar-refractivity contribution in [3.8, 4) is 6.01 Å². The molecule has 0 fully saturated rings. The minimum atomic E-state index is -1.08. The lowest BCUT2D eigenvalue weighted by molar-refractivity contribution is 0.313. The van der Waals surface area contributed by atoms with Crippen LogP contribution in [-0.4, -0.2) is 32.4 Å². The van der Waals surface area contributed by atoms with Gasteiger partial charge in [0.05, 0.1) is 12.3 Å². The Kier molecular flexibility index (Phi) is 3.80. The first-order valence-corrected chi connectivity index (χ1v) is 7.66. The lowest BCUT2D eigenvalue weighted by Gasteiger charge is -2.02. The summed E-state index contributed by atoms with van der Waals surface area (Å²) >= 11 is 0.308. The number of ether oxygens (including phenoxy) is 1. The predicted molar refractivity (Wildman–Crippen MR) is 68.1 cm³/mol. The summed E-state index contributed by atoms with van der Waals surface area (Å²) in [5.74, 6) is 0. The Balaban J connectivity index is 2.57. The predicted octanol–water partition coefficient (Wildman–Crippen LogP) is 1.78. The summed E-state index contributed by atoms with van der Waals surface area (Å²) in [6.45, 7) is 4.41. The average molecular weight is 271 g/mol. The zero-order chi connectivity index (χ0) is 12.4. The maximum atomic E-state index is 11.4. The number of rotatable bonds is 4. The molecule has 2 heterocycles. The summed E-state index contributed by atoms with van der Waals surface area (Å²) < 4.78 is 18.2. The third kappa shape index (κ3) is 2.51. The van der Waals surface area contributed by atoms with Crippen molar-refractivity contribution in [3.63, 3.8) is 0 Å². The molecule has 5 nitrogen and oxygen atoms in total. The number of aryl methyl sites for hydroxylation is 1. The number of hydrogen-bond acceptors (Lipinski definition) is 6. The van der Waals surface area contributed by atoms with E-state index < -0.39 is 11.2 Å². The lowest BCUT2D eigenvalue weighted by atomic mass is 10.3. The van der Waals surface area contributed by atoms with Gasteiger partial charge in [0, 0.05) is 11.2 Å². The Morgan fingerprint density at radius 1 is 1.29 bits per heavy atom. The van der Waals surface area contributed by atoms with Gasteiger partial charge in [0.2, 0.25) is 0 Å². The van der Waals surface area contributed by atoms with Crippen molar-refractivity contribution in [2.75, 3.05) is 12.9 Å². The number of nitrogens with zero attached hydrogens (tertiary/aromatic N) is 3. The van der Waals surface area contributed by atoms with E-state index in [4.69, 9.17) is 4.74 Å². The number of fused-ring (bicyclic) bond motifs is 1. The molecule has 0 aliphatic rings. The summed E-state index contributed by atoms with van der Waals surface area (Å²) in [5.41, 5.74) is 1.48. The van der Waals surface area contributed by atoms with Gasteiger partial charge in [-0.1, -0.05) is 18.3 Å². The molecule has 0 aliphatic heterocycles. The van der Waals surface area contributed by atoms with Gasteiger partial charge >= 0.3 is 10.4 Å². The molecule has 92 valence electrons. The van der Waals surface area contributed by atoms with E-state index in [0.29, 0.717) is 22.6 Å². The van der Waals surface area contributed by atoms with Crippen molar-refractivity contribution < 1.29 is 9.29 Å². The maximum Gasteiger partial charge on any atom is 0.318 e. The fourth-order valence-electron chi connectivity index (χ4n) is 1.39. The van der Waals surface area contributed by atoms with Gasteiger partial charge < -0.3 is 9.29 Å². The average Bonchev–Trinajstić information content (AvgIpc) is 2.72. The third-order valence-electron chi connectivity index (χ3n) is 2.14. The smallest absolute Gasteiger partial charge is 0.318 e. The van der Waals surface area contributed by atoms with Gasteiger partial charge in [0.15, 0.2) is 5.65 Å². The molecule has 17 heavy (non-hydrogen) atoms. The summed E-state index contributed by atoms with van der Waals surface area (Å²) in [7, 11) is 0. The highest BCUT2D eigenvalue weighted by atomic mass is 32.2. The zero-order valence-corrected chi connectivity index (χ0v) is 11.5. The van der Waals surface area contributed by atoms with Crippen LogP contribution in [0.5, 0.6) is 6.01 Å². The minimum Gasteiger partial charge on any atom is -0.610 e. The summed E-state index contributed by atoms with van der Waals surface area (Å²) in [5, 5.41) is 0. The van der Waals surface area contributed by atoms with E-state index in [1.54, 1.807) is 6.26 Å². The van der Waals surface area contributed by atoms with Crippen molar-refractivity contribution in [2.24, 2.45) is 0 Å². The van der Waals surface area contributed by atoms with Gasteiger partial charge in [0.25, 0.3) is 0 Å². The molecule has 2 aromatic heterocycles. The second-order valence-electron chi connectivity index (χ2n) is 3.33. The molecule has 0 saturated carbocycles. The molecule has 0 radical (unpaired) electrons. The molecule has 0 amide bonds. The molecule has 7 heteroatoms. The van der Waals surface area contributed by atoms with E-state index in [1.807, 2.05) is 13.8 Å². The van der Waals surface area contributed by atoms with Crippen LogP contribution in [0.15, 0.2) is 4.34 Å². The van der Waals surface area contributed by atoms with Gasteiger partial charge in [-0.2, -0.15) is 15.0 Å². The second kappa shape index (κ2) is 5.16. The first-order valence-electron chi connectivity index (χ1n) is 5.29. The fraction of sp³-hybridized carbons (Fsp3) is 0.500. The molecular weight excluding hydrogens is 258 g/mol. The van der Waals surface area contributed by atoms with Crippen LogP contribution in [-0.2, 0) is 17.6 Å². The van der Waals surface area contributed by atoms with E-state index in [2.05, 4.69) is 15.0 Å². The highest BCUT2D eigenvalue weighted by Crippen LogP contribution is 2.28. The fourth-order valence-corrected chi connectivity index (χ4v) is 3.13. The minimum absolute atomic E-state index is 0.343. The Morgan fingerprint density at radius 3 is 2.65 bits per heavy atom. The molecule has 2 aromatic rings. The Labute approximate surface area is 106 Å². The quantitative estimate of drug-likeness (QED) is 0.793. The first kappa shape index (κ1) is 12.5. The van der Waals surface area contributed by atoms with Crippen molar-refractivity contribution in [3.05, 3.63) is 5.69 Å². The molecule has 2 rings (SSSR count). The van der Waals surface area contributed by atoms with E-state index in [9.17, 15) is 4.55 Å². The Morgan fingerprint density at radius 2 is 2.06 bits per heavy atom. The molecule has 1 unspecified atom stereocenters. The lowest BCUT2D eigenvalue weighted by Crippen LogP contribution is -2.00. The molecule has 0 aromatic carbocycles. The van der Waals surface area contributed by atoms with Gasteiger partial charge in [-0.15, -0.1) is 0 Å². The van der Waals surface area contributed by atoms with Crippen LogP contribution >= 0.6 is 11.3 Å². The SMILES string of the molecule is CCOc1nc(CC)c2sc([S+](C)[O-])nc2n1. The van der Waals surface area contributed by atoms with E-state index in [-0.39, 0.29) is 0 Å². The molecule has 0 saturated heterocycles. The summed E-state index contributed by atoms with van der Waals surface area (Å²) in [4.78, 5) is 12.8. The topological polar surface area (TPSA) is 71.0 Å². The molecule has 0 aliphatic carbocycles. The van der Waals surface area contributed by atoms with Gasteiger partial charge in [-0.05, 0) is 13.3 Å². The summed E-state index contributed by atoms with van der Waals surface area (Å²) in [6, 6.07) is 0.343. The molecular formula is C10H13N3O2S2. The first-order chi connectivity index (χ1) is 8.15. The summed E-state index contributed by atoms with van der Waals surface area (Å²) in [6.07, 6.45) is 2.39. The number of hydrogen-bond donors (Lipinski definition) is 0. The number of thiazole rings is 1. The molecule has 0 bridgehead atoms. The highest BCUT2D eigenvalue weighted by Gasteiger charge is 2.17. The third-order valence-corrected chi connectivity index (χ3v) is 4.56. The van der Waals surface area contributed by atoms with Gasteiger partial charge in [0.1, 0.15) is 11.0 Å². The Bertz CT molecular complexity index is 527. The second-order valence-corrected chi connectivity index (χ2v) is 5.88. The number of aromatic nitrogens is 3. The van der Waals surface area contributed by atoms with Crippen LogP contribution in [0.2, 0.25) is 0 Å². The van der Waals surface area contributed by atoms with Crippen molar-refractivity contribution >= 4 is 32.9 Å². The standard InChI is InChI=1S/C10H13N3O2S2/c1-4-6-7-8(12-9(11-6)15-5-2)13-10(16-7)17(3)14/h4-5H2,1-3H3. The van der Waals surface area contributed by atoms with E-state index in [0.717, 1.165) is 16.8 Å². The zero-order valence-electron chi connectivity index (χ0n) is 9.89. The van der Waals surface area contributed by atoms with Crippen molar-refractivity contribution in [1.29, 1.82) is 0 Å². The van der Waals surface area contributed by atoms with Crippen LogP contribution in [0.25, 0.3) is 10.3 Å². The molecule has 1 atom stereocenters. The van der Waals surface area contributed by atoms with Gasteiger partial charge in [-0.3, -0.25) is 0 Å². The molecule has 0 N–H and O–H groups in total. The maximum absolute atomic E-state index is 11.4. The highest BCUT2D eigenvalue weighted by molar-refractivity contribution is 7.92. The Hall–Kier alpha value is -0.920. The largest absolute Gasteiger partial charge is 0.610 e. The molecule has 0 spiro atoms. The van der Waals surface area contributed by atoms with Crippen LogP contribution in [0.4, 0.5) is 0 Å². The van der Waals surface area contributed by atoms with Crippen LogP contribution in [0.3, 0.4) is 0 Å². The van der Waals surface area contributed by atoms with E-state index in [1.165, 1.54) is 11.3 Å². The van der Waals surface area contributed by atoms with Crippen LogP contribution < -0.4 is 4.74 Å². The van der Waals surface area contributed by atoms with Crippen LogP contribution in [0, 0.1) is 0 Å². The van der Waals surface area contributed by atoms with Crippen LogP contribution in [0.1, 0.15) is 19.5 Å².